The molecule has 2 N–H and O–H groups in total. The summed E-state index contributed by atoms with van der Waals surface area (Å²) in [5.74, 6) is -1.05. The van der Waals surface area contributed by atoms with Gasteiger partial charge in [-0.15, -0.1) is 0 Å². The summed E-state index contributed by atoms with van der Waals surface area (Å²) in [5.41, 5.74) is 3.94. The summed E-state index contributed by atoms with van der Waals surface area (Å²) in [4.78, 5) is 13.3. The Bertz CT molecular complexity index is 1220. The summed E-state index contributed by atoms with van der Waals surface area (Å²) in [6, 6.07) is 15.7. The zero-order chi connectivity index (χ0) is 23.5. The molecule has 32 heavy (non-hydrogen) atoms. The number of hydrogen-bond donors (Lipinski definition) is 2. The second kappa shape index (κ2) is 9.63. The third kappa shape index (κ3) is 5.60. The lowest BCUT2D eigenvalue weighted by molar-refractivity contribution is -0.117. The molecule has 0 saturated carbocycles. The van der Waals surface area contributed by atoms with Crippen LogP contribution in [0.1, 0.15) is 27.8 Å². The van der Waals surface area contributed by atoms with E-state index in [1.54, 1.807) is 39.0 Å². The van der Waals surface area contributed by atoms with Crippen molar-refractivity contribution in [3.05, 3.63) is 94.3 Å². The van der Waals surface area contributed by atoms with E-state index in [-0.39, 0.29) is 11.3 Å². The van der Waals surface area contributed by atoms with Crippen molar-refractivity contribution in [1.29, 1.82) is 0 Å². The van der Waals surface area contributed by atoms with Crippen molar-refractivity contribution in [2.24, 2.45) is 0 Å². The molecule has 0 spiro atoms. The lowest BCUT2D eigenvalue weighted by Crippen LogP contribution is -2.45. The number of amides is 1. The highest BCUT2D eigenvalue weighted by Gasteiger charge is 2.28. The van der Waals surface area contributed by atoms with E-state index < -0.39 is 27.8 Å². The van der Waals surface area contributed by atoms with Crippen molar-refractivity contribution < 1.29 is 17.6 Å². The van der Waals surface area contributed by atoms with Crippen molar-refractivity contribution in [3.8, 4) is 0 Å². The van der Waals surface area contributed by atoms with Gasteiger partial charge in [-0.1, -0.05) is 54.1 Å². The van der Waals surface area contributed by atoms with Gasteiger partial charge in [0.05, 0.1) is 4.90 Å². The first-order valence-corrected chi connectivity index (χ1v) is 11.8. The van der Waals surface area contributed by atoms with Crippen molar-refractivity contribution in [2.45, 2.75) is 45.1 Å². The van der Waals surface area contributed by atoms with E-state index >= 15 is 0 Å². The van der Waals surface area contributed by atoms with Gasteiger partial charge in [0.1, 0.15) is 11.9 Å². The van der Waals surface area contributed by atoms with Crippen LogP contribution in [0.2, 0.25) is 0 Å². The molecule has 0 radical (unpaired) electrons. The molecule has 0 bridgehead atoms. The number of rotatable bonds is 7. The molecule has 3 aromatic carbocycles. The fourth-order valence-electron chi connectivity index (χ4n) is 3.82. The van der Waals surface area contributed by atoms with Crippen LogP contribution in [0.4, 0.5) is 10.1 Å². The molecule has 0 aliphatic heterocycles. The molecular formula is C25H27FN2O3S. The van der Waals surface area contributed by atoms with Gasteiger partial charge in [-0.25, -0.2) is 12.8 Å². The maximum Gasteiger partial charge on any atom is 0.242 e. The number of benzene rings is 3. The van der Waals surface area contributed by atoms with Gasteiger partial charge in [-0.05, 0) is 68.5 Å². The maximum atomic E-state index is 13.7. The van der Waals surface area contributed by atoms with Crippen LogP contribution in [0.15, 0.2) is 65.6 Å². The molecule has 0 unspecified atom stereocenters. The molecule has 0 aliphatic rings. The standard InChI is InChI=1S/C25H27FN2O3S/c1-16-12-18(3)24(19(4)13-16)32(30,31)28-23(14-20-8-6-5-7-9-20)25(29)27-22-15-21(26)11-10-17(22)2/h5-13,15,23,28H,14H2,1-4H3,(H,27,29)/t23-/m0/s1. The molecule has 168 valence electrons. The van der Waals surface area contributed by atoms with E-state index in [1.807, 2.05) is 37.3 Å². The smallest absolute Gasteiger partial charge is 0.242 e. The zero-order valence-electron chi connectivity index (χ0n) is 18.6. The maximum absolute atomic E-state index is 13.7. The molecule has 1 atom stereocenters. The fourth-order valence-corrected chi connectivity index (χ4v) is 5.47. The van der Waals surface area contributed by atoms with Crippen LogP contribution in [0, 0.1) is 33.5 Å². The van der Waals surface area contributed by atoms with Gasteiger partial charge in [0.25, 0.3) is 0 Å². The van der Waals surface area contributed by atoms with E-state index in [0.29, 0.717) is 22.4 Å². The van der Waals surface area contributed by atoms with E-state index in [1.165, 1.54) is 12.1 Å². The number of carbonyl (C=O) groups excluding carboxylic acids is 1. The third-order valence-corrected chi connectivity index (χ3v) is 7.00. The minimum absolute atomic E-state index is 0.143. The predicted molar refractivity (Wildman–Crippen MR) is 125 cm³/mol. The summed E-state index contributed by atoms with van der Waals surface area (Å²) in [7, 11) is -4.00. The Morgan fingerprint density at radius 1 is 0.906 bits per heavy atom. The fraction of sp³-hybridized carbons (Fsp3) is 0.240. The van der Waals surface area contributed by atoms with Crippen molar-refractivity contribution in [3.63, 3.8) is 0 Å². The highest BCUT2D eigenvalue weighted by atomic mass is 32.2. The Morgan fingerprint density at radius 2 is 1.53 bits per heavy atom. The normalized spacial score (nSPS) is 12.4. The van der Waals surface area contributed by atoms with E-state index in [2.05, 4.69) is 10.0 Å². The summed E-state index contributed by atoms with van der Waals surface area (Å²) in [6.45, 7) is 7.11. The second-order valence-electron chi connectivity index (χ2n) is 8.04. The number of anilines is 1. The predicted octanol–water partition coefficient (Wildman–Crippen LogP) is 4.59. The van der Waals surface area contributed by atoms with Crippen LogP contribution in [-0.4, -0.2) is 20.4 Å². The average molecular weight is 455 g/mol. The molecule has 0 fully saturated rings. The molecule has 0 aromatic heterocycles. The second-order valence-corrected chi connectivity index (χ2v) is 9.69. The van der Waals surface area contributed by atoms with E-state index in [4.69, 9.17) is 0 Å². The molecule has 0 saturated heterocycles. The minimum atomic E-state index is -4.00. The molecular weight excluding hydrogens is 427 g/mol. The molecule has 0 aliphatic carbocycles. The number of halogens is 1. The Hall–Kier alpha value is -3.03. The van der Waals surface area contributed by atoms with Crippen LogP contribution in [0.5, 0.6) is 0 Å². The topological polar surface area (TPSA) is 75.3 Å². The number of aryl methyl sites for hydroxylation is 4. The van der Waals surface area contributed by atoms with Crippen molar-refractivity contribution >= 4 is 21.6 Å². The van der Waals surface area contributed by atoms with Crippen molar-refractivity contribution in [2.75, 3.05) is 5.32 Å². The van der Waals surface area contributed by atoms with Gasteiger partial charge in [-0.3, -0.25) is 4.79 Å². The van der Waals surface area contributed by atoms with Crippen LogP contribution < -0.4 is 10.0 Å². The van der Waals surface area contributed by atoms with Crippen molar-refractivity contribution in [1.82, 2.24) is 4.72 Å². The number of sulfonamides is 1. The van der Waals surface area contributed by atoms with Gasteiger partial charge in [-0.2, -0.15) is 4.72 Å². The zero-order valence-corrected chi connectivity index (χ0v) is 19.4. The minimum Gasteiger partial charge on any atom is -0.324 e. The average Bonchev–Trinajstić information content (AvgIpc) is 2.69. The number of hydrogen-bond acceptors (Lipinski definition) is 3. The SMILES string of the molecule is Cc1cc(C)c(S(=O)(=O)N[C@@H](Cc2ccccc2)C(=O)Nc2cc(F)ccc2C)c(C)c1. The third-order valence-electron chi connectivity index (χ3n) is 5.23. The van der Waals surface area contributed by atoms with Gasteiger partial charge in [0.2, 0.25) is 15.9 Å². The highest BCUT2D eigenvalue weighted by molar-refractivity contribution is 7.89. The lowest BCUT2D eigenvalue weighted by Gasteiger charge is -2.21. The van der Waals surface area contributed by atoms with Gasteiger partial charge in [0, 0.05) is 5.69 Å². The number of nitrogens with one attached hydrogen (secondary N) is 2. The monoisotopic (exact) mass is 454 g/mol. The summed E-state index contributed by atoms with van der Waals surface area (Å²) >= 11 is 0. The van der Waals surface area contributed by atoms with Crippen LogP contribution in [0.3, 0.4) is 0 Å². The van der Waals surface area contributed by atoms with E-state index in [9.17, 15) is 17.6 Å². The largest absolute Gasteiger partial charge is 0.324 e. The Labute approximate surface area is 188 Å². The molecule has 5 nitrogen and oxygen atoms in total. The molecule has 3 rings (SSSR count). The molecule has 1 amide bonds. The number of carbonyl (C=O) groups is 1. The summed E-state index contributed by atoms with van der Waals surface area (Å²) < 4.78 is 42.9. The van der Waals surface area contributed by atoms with Gasteiger partial charge < -0.3 is 5.32 Å². The molecule has 7 heteroatoms. The highest BCUT2D eigenvalue weighted by Crippen LogP contribution is 2.23. The Balaban J connectivity index is 1.96. The molecule has 0 heterocycles. The van der Waals surface area contributed by atoms with Crippen LogP contribution >= 0.6 is 0 Å². The van der Waals surface area contributed by atoms with Crippen LogP contribution in [-0.2, 0) is 21.2 Å². The van der Waals surface area contributed by atoms with E-state index in [0.717, 1.165) is 11.1 Å². The Kier molecular flexibility index (Phi) is 7.11. The van der Waals surface area contributed by atoms with Gasteiger partial charge >= 0.3 is 0 Å². The summed E-state index contributed by atoms with van der Waals surface area (Å²) in [5, 5.41) is 2.68. The molecule has 3 aromatic rings. The van der Waals surface area contributed by atoms with Gasteiger partial charge in [0.15, 0.2) is 0 Å². The lowest BCUT2D eigenvalue weighted by atomic mass is 10.1. The summed E-state index contributed by atoms with van der Waals surface area (Å²) in [6.07, 6.45) is 0.143. The first-order chi connectivity index (χ1) is 15.1. The van der Waals surface area contributed by atoms with Crippen LogP contribution in [0.25, 0.3) is 0 Å². The first kappa shape index (κ1) is 23.6. The first-order valence-electron chi connectivity index (χ1n) is 10.3. The Morgan fingerprint density at radius 3 is 2.16 bits per heavy atom. The quantitative estimate of drug-likeness (QED) is 0.548.